The van der Waals surface area contributed by atoms with E-state index in [1.54, 1.807) is 19.3 Å². The predicted molar refractivity (Wildman–Crippen MR) is 84.4 cm³/mol. The number of ketones is 1. The Hall–Kier alpha value is -2.27. The van der Waals surface area contributed by atoms with Crippen LogP contribution in [-0.4, -0.2) is 43.1 Å². The summed E-state index contributed by atoms with van der Waals surface area (Å²) < 4.78 is 10.6. The monoisotopic (exact) mass is 313 g/mol. The first-order valence-corrected chi connectivity index (χ1v) is 7.78. The van der Waals surface area contributed by atoms with E-state index in [-0.39, 0.29) is 11.5 Å². The average Bonchev–Trinajstić information content (AvgIpc) is 2.92. The molecular formula is C18H19NO4. The molecule has 1 aromatic carbocycles. The van der Waals surface area contributed by atoms with E-state index in [4.69, 9.17) is 9.47 Å². The van der Waals surface area contributed by atoms with Crippen LogP contribution in [-0.2, 0) is 21.5 Å². The second-order valence-electron chi connectivity index (χ2n) is 6.18. The minimum atomic E-state index is -0.451. The van der Waals surface area contributed by atoms with Crippen LogP contribution < -0.4 is 4.74 Å². The van der Waals surface area contributed by atoms with Gasteiger partial charge >= 0.3 is 0 Å². The lowest BCUT2D eigenvalue weighted by atomic mass is 9.74. The van der Waals surface area contributed by atoms with Gasteiger partial charge < -0.3 is 14.6 Å². The summed E-state index contributed by atoms with van der Waals surface area (Å²) in [7, 11) is 3.07. The molecule has 0 unspecified atom stereocenters. The lowest BCUT2D eigenvalue weighted by Gasteiger charge is -2.44. The molecule has 1 atom stereocenters. The normalized spacial score (nSPS) is 25.9. The number of benzene rings is 1. The van der Waals surface area contributed by atoms with Gasteiger partial charge in [0.2, 0.25) is 5.78 Å². The Balaban J connectivity index is 1.99. The van der Waals surface area contributed by atoms with Crippen LogP contribution in [0.2, 0.25) is 0 Å². The molecule has 0 radical (unpaired) electrons. The van der Waals surface area contributed by atoms with Crippen molar-refractivity contribution in [3.05, 3.63) is 46.7 Å². The van der Waals surface area contributed by atoms with E-state index < -0.39 is 5.54 Å². The van der Waals surface area contributed by atoms with Gasteiger partial charge in [-0.2, -0.15) is 0 Å². The zero-order valence-corrected chi connectivity index (χ0v) is 13.3. The van der Waals surface area contributed by atoms with Gasteiger partial charge in [-0.15, -0.1) is 0 Å². The maximum atomic E-state index is 12.2. The van der Waals surface area contributed by atoms with E-state index in [9.17, 15) is 9.90 Å². The first-order chi connectivity index (χ1) is 11.1. The molecule has 1 aromatic rings. The standard InChI is InChI=1S/C18H19NO4/c1-22-16-9-13-11(7-14(16)20)3-5-19-6-4-12-8-15(21)17(23-2)10-18(12,13)19/h7-10,20H,3-6H2,1-2H3/t18-/m1/s1. The zero-order valence-electron chi connectivity index (χ0n) is 13.3. The molecule has 3 aliphatic rings. The van der Waals surface area contributed by atoms with Crippen molar-refractivity contribution in [3.63, 3.8) is 0 Å². The second kappa shape index (κ2) is 4.86. The van der Waals surface area contributed by atoms with Gasteiger partial charge in [-0.25, -0.2) is 0 Å². The van der Waals surface area contributed by atoms with E-state index in [1.807, 2.05) is 12.1 Å². The van der Waals surface area contributed by atoms with Crippen molar-refractivity contribution < 1.29 is 19.4 Å². The van der Waals surface area contributed by atoms with Crippen molar-refractivity contribution >= 4 is 5.78 Å². The van der Waals surface area contributed by atoms with Crippen molar-refractivity contribution in [3.8, 4) is 11.5 Å². The number of carbonyl (C=O) groups is 1. The Morgan fingerprint density at radius 1 is 1.17 bits per heavy atom. The third-order valence-electron chi connectivity index (χ3n) is 5.21. The van der Waals surface area contributed by atoms with Crippen molar-refractivity contribution in [2.45, 2.75) is 18.4 Å². The highest BCUT2D eigenvalue weighted by Crippen LogP contribution is 2.52. The molecule has 2 heterocycles. The fourth-order valence-electron chi connectivity index (χ4n) is 4.14. The van der Waals surface area contributed by atoms with Crippen molar-refractivity contribution in [2.75, 3.05) is 27.3 Å². The van der Waals surface area contributed by atoms with Crippen LogP contribution in [0.5, 0.6) is 11.5 Å². The fraction of sp³-hybridized carbons (Fsp3) is 0.389. The van der Waals surface area contributed by atoms with Crippen molar-refractivity contribution in [2.24, 2.45) is 0 Å². The molecule has 1 aliphatic carbocycles. The first-order valence-electron chi connectivity index (χ1n) is 7.78. The molecule has 4 rings (SSSR count). The van der Waals surface area contributed by atoms with E-state index in [0.717, 1.165) is 42.6 Å². The highest BCUT2D eigenvalue weighted by molar-refractivity contribution is 6.05. The lowest BCUT2D eigenvalue weighted by Crippen LogP contribution is -2.47. The van der Waals surface area contributed by atoms with Crippen molar-refractivity contribution in [1.82, 2.24) is 4.90 Å². The number of ether oxygens (including phenoxy) is 2. The summed E-state index contributed by atoms with van der Waals surface area (Å²) in [5, 5.41) is 10.1. The molecule has 5 heteroatoms. The fourth-order valence-corrected chi connectivity index (χ4v) is 4.14. The summed E-state index contributed by atoms with van der Waals surface area (Å²) in [6, 6.07) is 3.68. The summed E-state index contributed by atoms with van der Waals surface area (Å²) in [6.07, 6.45) is 5.38. The number of nitrogens with zero attached hydrogens (tertiary/aromatic N) is 1. The molecule has 0 bridgehead atoms. The molecule has 120 valence electrons. The molecule has 23 heavy (non-hydrogen) atoms. The molecule has 0 aromatic heterocycles. The van der Waals surface area contributed by atoms with Gasteiger partial charge in [-0.1, -0.05) is 0 Å². The van der Waals surface area contributed by atoms with Gasteiger partial charge in [0.15, 0.2) is 17.3 Å². The van der Waals surface area contributed by atoms with Crippen molar-refractivity contribution in [1.29, 1.82) is 0 Å². The SMILES string of the molecule is COC1=C[C@]23C(=CC1=O)CCN2CCc1cc(O)c(OC)cc13. The van der Waals surface area contributed by atoms with Crippen LogP contribution in [0.15, 0.2) is 35.6 Å². The zero-order chi connectivity index (χ0) is 16.2. The van der Waals surface area contributed by atoms with Crippen LogP contribution in [0.1, 0.15) is 17.5 Å². The maximum Gasteiger partial charge on any atom is 0.220 e. The molecule has 5 nitrogen and oxygen atoms in total. The minimum Gasteiger partial charge on any atom is -0.504 e. The van der Waals surface area contributed by atoms with E-state index in [0.29, 0.717) is 11.5 Å². The summed E-state index contributed by atoms with van der Waals surface area (Å²) in [6.45, 7) is 1.80. The van der Waals surface area contributed by atoms with Gasteiger partial charge in [0, 0.05) is 13.1 Å². The number of fused-ring (bicyclic) bond motifs is 1. The summed E-state index contributed by atoms with van der Waals surface area (Å²) >= 11 is 0. The number of rotatable bonds is 2. The van der Waals surface area contributed by atoms with Gasteiger partial charge in [-0.3, -0.25) is 9.69 Å². The van der Waals surface area contributed by atoms with Crippen LogP contribution in [0.4, 0.5) is 0 Å². The number of carbonyl (C=O) groups excluding carboxylic acids is 1. The molecule has 0 amide bonds. The van der Waals surface area contributed by atoms with Crippen LogP contribution >= 0.6 is 0 Å². The Morgan fingerprint density at radius 2 is 1.96 bits per heavy atom. The number of methoxy groups -OCH3 is 2. The van der Waals surface area contributed by atoms with Gasteiger partial charge in [0.1, 0.15) is 0 Å². The third kappa shape index (κ3) is 1.80. The van der Waals surface area contributed by atoms with E-state index in [1.165, 1.54) is 7.11 Å². The number of allylic oxidation sites excluding steroid dienone is 1. The minimum absolute atomic E-state index is 0.0761. The molecule has 1 N–H and O–H groups in total. The molecule has 1 spiro atoms. The highest BCUT2D eigenvalue weighted by atomic mass is 16.5. The van der Waals surface area contributed by atoms with Gasteiger partial charge in [0.05, 0.1) is 19.8 Å². The maximum absolute atomic E-state index is 12.2. The molecule has 2 aliphatic heterocycles. The number of phenolic OH excluding ortho intramolecular Hbond substituents is 1. The first kappa shape index (κ1) is 14.3. The predicted octanol–water partition coefficient (Wildman–Crippen LogP) is 1.90. The number of hydrogen-bond acceptors (Lipinski definition) is 5. The third-order valence-corrected chi connectivity index (χ3v) is 5.21. The number of aromatic hydroxyl groups is 1. The quantitative estimate of drug-likeness (QED) is 0.903. The Bertz CT molecular complexity index is 765. The van der Waals surface area contributed by atoms with Crippen LogP contribution in [0.3, 0.4) is 0 Å². The highest BCUT2D eigenvalue weighted by Gasteiger charge is 2.50. The van der Waals surface area contributed by atoms with E-state index in [2.05, 4.69) is 4.90 Å². The number of hydrogen-bond donors (Lipinski definition) is 1. The summed E-state index contributed by atoms with van der Waals surface area (Å²) in [4.78, 5) is 14.6. The molecular weight excluding hydrogens is 294 g/mol. The molecule has 1 fully saturated rings. The van der Waals surface area contributed by atoms with Gasteiger partial charge in [-0.05, 0) is 53.8 Å². The van der Waals surface area contributed by atoms with Gasteiger partial charge in [0.25, 0.3) is 0 Å². The topological polar surface area (TPSA) is 59.0 Å². The Labute approximate surface area is 134 Å². The van der Waals surface area contributed by atoms with Crippen LogP contribution in [0, 0.1) is 0 Å². The van der Waals surface area contributed by atoms with E-state index >= 15 is 0 Å². The Kier molecular flexibility index (Phi) is 3.03. The van der Waals surface area contributed by atoms with Crippen LogP contribution in [0.25, 0.3) is 0 Å². The lowest BCUT2D eigenvalue weighted by molar-refractivity contribution is -0.114. The second-order valence-corrected chi connectivity index (χ2v) is 6.18. The molecule has 1 saturated heterocycles. The Morgan fingerprint density at radius 3 is 2.70 bits per heavy atom. The summed E-state index contributed by atoms with van der Waals surface area (Å²) in [5.41, 5.74) is 2.81. The largest absolute Gasteiger partial charge is 0.504 e. The summed E-state index contributed by atoms with van der Waals surface area (Å²) in [5.74, 6) is 0.909. The smallest absolute Gasteiger partial charge is 0.220 e. The molecule has 0 saturated carbocycles. The average molecular weight is 313 g/mol. The number of phenols is 1.